The molecule has 0 spiro atoms. The van der Waals surface area contributed by atoms with Crippen LogP contribution >= 0.6 is 0 Å². The number of ketones is 1. The lowest BCUT2D eigenvalue weighted by molar-refractivity contribution is -0.116. The highest BCUT2D eigenvalue weighted by Gasteiger charge is 2.40. The summed E-state index contributed by atoms with van der Waals surface area (Å²) in [6, 6.07) is 16.1. The molecule has 0 radical (unpaired) electrons. The smallest absolute Gasteiger partial charge is 0.223 e. The van der Waals surface area contributed by atoms with Crippen molar-refractivity contribution in [2.75, 3.05) is 16.8 Å². The molecule has 2 aromatic carbocycles. The molecule has 5 N–H and O–H groups in total. The molecular weight excluding hydrogens is 381 g/mol. The summed E-state index contributed by atoms with van der Waals surface area (Å²) in [6.45, 7) is 0. The highest BCUT2D eigenvalue weighted by molar-refractivity contribution is 6.02. The van der Waals surface area contributed by atoms with Crippen molar-refractivity contribution < 1.29 is 9.18 Å². The molecule has 2 heterocycles. The maximum absolute atomic E-state index is 13.6. The molecule has 3 aromatic rings. The van der Waals surface area contributed by atoms with Crippen LogP contribution in [0.3, 0.4) is 0 Å². The van der Waals surface area contributed by atoms with Gasteiger partial charge in [-0.15, -0.1) is 0 Å². The first-order valence-electron chi connectivity index (χ1n) is 9.78. The Morgan fingerprint density at radius 2 is 1.67 bits per heavy atom. The van der Waals surface area contributed by atoms with Gasteiger partial charge in [-0.25, -0.2) is 4.39 Å². The Balaban J connectivity index is 1.67. The number of aromatic nitrogens is 2. The number of hydrogen-bond acceptors (Lipinski definition) is 6. The van der Waals surface area contributed by atoms with Crippen molar-refractivity contribution in [3.8, 4) is 0 Å². The predicted octanol–water partition coefficient (Wildman–Crippen LogP) is 3.74. The normalized spacial score (nSPS) is 20.4. The number of carbonyl (C=O) groups excluding carboxylic acids is 1. The van der Waals surface area contributed by atoms with Crippen LogP contribution < -0.4 is 16.8 Å². The third kappa shape index (κ3) is 2.99. The van der Waals surface area contributed by atoms with Gasteiger partial charge in [0.1, 0.15) is 17.5 Å². The van der Waals surface area contributed by atoms with Crippen molar-refractivity contribution in [3.05, 3.63) is 88.4 Å². The number of Topliss-reactive ketones (excluding diaryl/α,β-unsaturated/α-hetero) is 1. The lowest BCUT2D eigenvalue weighted by Crippen LogP contribution is -2.31. The number of carbonyl (C=O) groups is 1. The number of anilines is 3. The van der Waals surface area contributed by atoms with Crippen LogP contribution in [0.2, 0.25) is 0 Å². The molecule has 0 amide bonds. The van der Waals surface area contributed by atoms with Crippen LogP contribution in [-0.4, -0.2) is 15.8 Å². The zero-order chi connectivity index (χ0) is 20.8. The Labute approximate surface area is 172 Å². The highest BCUT2D eigenvalue weighted by Crippen LogP contribution is 2.48. The molecule has 0 fully saturated rings. The van der Waals surface area contributed by atoms with Gasteiger partial charge in [-0.05, 0) is 35.6 Å². The van der Waals surface area contributed by atoms with Crippen LogP contribution in [0, 0.1) is 5.82 Å². The Kier molecular flexibility index (Phi) is 4.24. The van der Waals surface area contributed by atoms with Gasteiger partial charge in [0.05, 0.1) is 0 Å². The third-order valence-corrected chi connectivity index (χ3v) is 5.82. The van der Waals surface area contributed by atoms with E-state index in [0.29, 0.717) is 29.8 Å². The van der Waals surface area contributed by atoms with E-state index in [9.17, 15) is 9.18 Å². The molecule has 7 heteroatoms. The van der Waals surface area contributed by atoms with Crippen molar-refractivity contribution in [1.82, 2.24) is 9.97 Å². The lowest BCUT2D eigenvalue weighted by atomic mass is 9.72. The minimum absolute atomic E-state index is 0.0359. The summed E-state index contributed by atoms with van der Waals surface area (Å²) in [5.74, 6) is 0.0518. The van der Waals surface area contributed by atoms with Gasteiger partial charge >= 0.3 is 0 Å². The minimum Gasteiger partial charge on any atom is -0.383 e. The Bertz CT molecular complexity index is 1170. The number of fused-ring (bicyclic) bond motifs is 1. The number of nitrogens with zero attached hydrogens (tertiary/aromatic N) is 2. The Morgan fingerprint density at radius 3 is 2.40 bits per heavy atom. The second-order valence-electron chi connectivity index (χ2n) is 7.67. The zero-order valence-corrected chi connectivity index (χ0v) is 16.1. The average Bonchev–Trinajstić information content (AvgIpc) is 2.73. The van der Waals surface area contributed by atoms with E-state index in [2.05, 4.69) is 15.3 Å². The summed E-state index contributed by atoms with van der Waals surface area (Å²) < 4.78 is 13.6. The first-order chi connectivity index (χ1) is 14.5. The zero-order valence-electron chi connectivity index (χ0n) is 16.1. The maximum Gasteiger partial charge on any atom is 0.223 e. The first-order valence-corrected chi connectivity index (χ1v) is 9.78. The van der Waals surface area contributed by atoms with Crippen molar-refractivity contribution in [3.63, 3.8) is 0 Å². The van der Waals surface area contributed by atoms with E-state index in [1.165, 1.54) is 12.1 Å². The SMILES string of the molecule is Nc1nc(N)c2c(n1)NC1=C(C(=O)CC(c3ccccc3)C1)C2c1ccc(F)cc1. The predicted molar refractivity (Wildman–Crippen MR) is 113 cm³/mol. The maximum atomic E-state index is 13.6. The highest BCUT2D eigenvalue weighted by atomic mass is 19.1. The third-order valence-electron chi connectivity index (χ3n) is 5.82. The summed E-state index contributed by atoms with van der Waals surface area (Å²) in [5.41, 5.74) is 16.0. The molecule has 2 unspecified atom stereocenters. The molecule has 2 aliphatic rings. The largest absolute Gasteiger partial charge is 0.383 e. The number of halogens is 1. The van der Waals surface area contributed by atoms with E-state index in [1.54, 1.807) is 12.1 Å². The molecule has 0 bridgehead atoms. The summed E-state index contributed by atoms with van der Waals surface area (Å²) in [6.07, 6.45) is 1.05. The van der Waals surface area contributed by atoms with E-state index < -0.39 is 5.92 Å². The molecular formula is C23H20FN5O. The lowest BCUT2D eigenvalue weighted by Gasteiger charge is -2.36. The topological polar surface area (TPSA) is 107 Å². The van der Waals surface area contributed by atoms with Crippen molar-refractivity contribution in [1.29, 1.82) is 0 Å². The molecule has 2 atom stereocenters. The summed E-state index contributed by atoms with van der Waals surface area (Å²) in [5, 5.41) is 3.30. The summed E-state index contributed by atoms with van der Waals surface area (Å²) >= 11 is 0. The monoisotopic (exact) mass is 401 g/mol. The molecule has 5 rings (SSSR count). The van der Waals surface area contributed by atoms with Crippen LogP contribution in [0.1, 0.15) is 41.4 Å². The van der Waals surface area contributed by atoms with Crippen LogP contribution in [0.5, 0.6) is 0 Å². The van der Waals surface area contributed by atoms with E-state index in [-0.39, 0.29) is 29.3 Å². The van der Waals surface area contributed by atoms with Gasteiger partial charge in [0.2, 0.25) is 5.95 Å². The minimum atomic E-state index is -0.471. The van der Waals surface area contributed by atoms with Crippen LogP contribution in [0.4, 0.5) is 22.0 Å². The van der Waals surface area contributed by atoms with Crippen molar-refractivity contribution in [2.45, 2.75) is 24.7 Å². The summed E-state index contributed by atoms with van der Waals surface area (Å²) in [4.78, 5) is 21.8. The number of nitrogens with two attached hydrogens (primary N) is 2. The number of nitrogen functional groups attached to an aromatic ring is 2. The molecule has 1 aliphatic carbocycles. The fraction of sp³-hybridized carbons (Fsp3) is 0.174. The number of nitrogens with one attached hydrogen (secondary N) is 1. The number of hydrogen-bond donors (Lipinski definition) is 3. The quantitative estimate of drug-likeness (QED) is 0.604. The van der Waals surface area contributed by atoms with Crippen molar-refractivity contribution >= 4 is 23.4 Å². The number of benzene rings is 2. The van der Waals surface area contributed by atoms with E-state index in [1.807, 2.05) is 30.3 Å². The Hall–Kier alpha value is -3.74. The van der Waals surface area contributed by atoms with E-state index in [4.69, 9.17) is 11.5 Å². The standard InChI is InChI=1S/C23H20FN5O/c24-15-8-6-13(7-9-15)18-19-16(27-22-20(18)21(25)28-23(26)29-22)10-14(11-17(19)30)12-4-2-1-3-5-12/h1-9,14,18H,10-11H2,(H5,25,26,27,28,29). The fourth-order valence-corrected chi connectivity index (χ4v) is 4.51. The molecule has 6 nitrogen and oxygen atoms in total. The van der Waals surface area contributed by atoms with Crippen LogP contribution in [-0.2, 0) is 4.79 Å². The van der Waals surface area contributed by atoms with Crippen LogP contribution in [0.25, 0.3) is 0 Å². The molecule has 30 heavy (non-hydrogen) atoms. The van der Waals surface area contributed by atoms with Gasteiger partial charge in [0.15, 0.2) is 5.78 Å². The van der Waals surface area contributed by atoms with Gasteiger partial charge in [0, 0.05) is 29.2 Å². The fourth-order valence-electron chi connectivity index (χ4n) is 4.51. The number of allylic oxidation sites excluding steroid dienone is 2. The van der Waals surface area contributed by atoms with Gasteiger partial charge < -0.3 is 16.8 Å². The van der Waals surface area contributed by atoms with E-state index >= 15 is 0 Å². The van der Waals surface area contributed by atoms with E-state index in [0.717, 1.165) is 16.8 Å². The Morgan fingerprint density at radius 1 is 0.933 bits per heavy atom. The van der Waals surface area contributed by atoms with Gasteiger partial charge in [-0.2, -0.15) is 9.97 Å². The second-order valence-corrected chi connectivity index (χ2v) is 7.67. The van der Waals surface area contributed by atoms with Crippen molar-refractivity contribution in [2.24, 2.45) is 0 Å². The van der Waals surface area contributed by atoms with Gasteiger partial charge in [-0.1, -0.05) is 42.5 Å². The summed E-state index contributed by atoms with van der Waals surface area (Å²) in [7, 11) is 0. The molecule has 0 saturated carbocycles. The number of rotatable bonds is 2. The van der Waals surface area contributed by atoms with Gasteiger partial charge in [-0.3, -0.25) is 4.79 Å². The van der Waals surface area contributed by atoms with Gasteiger partial charge in [0.25, 0.3) is 0 Å². The second kappa shape index (κ2) is 6.95. The average molecular weight is 401 g/mol. The molecule has 1 aliphatic heterocycles. The first kappa shape index (κ1) is 18.3. The molecule has 150 valence electrons. The molecule has 0 saturated heterocycles. The van der Waals surface area contributed by atoms with Crippen LogP contribution in [0.15, 0.2) is 65.9 Å². The molecule has 1 aromatic heterocycles.